The molecule has 1 aromatic rings. The summed E-state index contributed by atoms with van der Waals surface area (Å²) in [5, 5.41) is 11.4. The Balaban J connectivity index is 2.63. The first-order valence-corrected chi connectivity index (χ1v) is 5.99. The Hall–Kier alpha value is -1.88. The number of halogens is 1. The van der Waals surface area contributed by atoms with Gasteiger partial charge in [0.15, 0.2) is 11.6 Å². The number of carbonyl (C=O) groups is 1. The van der Waals surface area contributed by atoms with Gasteiger partial charge in [0.25, 0.3) is 0 Å². The lowest BCUT2D eigenvalue weighted by molar-refractivity contribution is -0.117. The van der Waals surface area contributed by atoms with Crippen LogP contribution in [0.25, 0.3) is 6.08 Å². The zero-order valence-corrected chi connectivity index (χ0v) is 11.0. The molecule has 104 valence electrons. The smallest absolute Gasteiger partial charge is 0.244 e. The van der Waals surface area contributed by atoms with Gasteiger partial charge >= 0.3 is 0 Å². The SMILES string of the molecule is COc1cc(/C=C/C(=O)NC(C)CCO)ccc1F. The van der Waals surface area contributed by atoms with Crippen LogP contribution in [0.5, 0.6) is 5.75 Å². The van der Waals surface area contributed by atoms with Gasteiger partial charge in [0.2, 0.25) is 5.91 Å². The highest BCUT2D eigenvalue weighted by molar-refractivity contribution is 5.91. The molecule has 0 spiro atoms. The molecule has 1 atom stereocenters. The number of hydrogen-bond donors (Lipinski definition) is 2. The van der Waals surface area contributed by atoms with Crippen LogP contribution in [0.15, 0.2) is 24.3 Å². The fourth-order valence-electron chi connectivity index (χ4n) is 1.51. The zero-order valence-electron chi connectivity index (χ0n) is 11.0. The standard InChI is InChI=1S/C14H18FNO3/c1-10(7-8-17)16-14(18)6-4-11-3-5-12(15)13(9-11)19-2/h3-6,9-10,17H,7-8H2,1-2H3,(H,16,18)/b6-4+. The first kappa shape index (κ1) is 15.2. The molecule has 2 N–H and O–H groups in total. The highest BCUT2D eigenvalue weighted by atomic mass is 19.1. The van der Waals surface area contributed by atoms with Crippen LogP contribution in [0.4, 0.5) is 4.39 Å². The van der Waals surface area contributed by atoms with Crippen LogP contribution in [0.3, 0.4) is 0 Å². The largest absolute Gasteiger partial charge is 0.494 e. The average Bonchev–Trinajstić information content (AvgIpc) is 2.38. The number of nitrogens with one attached hydrogen (secondary N) is 1. The van der Waals surface area contributed by atoms with Crippen molar-refractivity contribution in [2.24, 2.45) is 0 Å². The molecule has 19 heavy (non-hydrogen) atoms. The number of carbonyl (C=O) groups excluding carboxylic acids is 1. The molecule has 4 nitrogen and oxygen atoms in total. The molecule has 1 rings (SSSR count). The fraction of sp³-hybridized carbons (Fsp3) is 0.357. The molecule has 1 unspecified atom stereocenters. The summed E-state index contributed by atoms with van der Waals surface area (Å²) in [7, 11) is 1.38. The molecule has 0 aliphatic heterocycles. The molecule has 0 heterocycles. The molecule has 0 fully saturated rings. The highest BCUT2D eigenvalue weighted by Crippen LogP contribution is 2.18. The number of amides is 1. The minimum Gasteiger partial charge on any atom is -0.494 e. The van der Waals surface area contributed by atoms with E-state index < -0.39 is 5.82 Å². The summed E-state index contributed by atoms with van der Waals surface area (Å²) in [5.41, 5.74) is 0.670. The maximum atomic E-state index is 13.2. The van der Waals surface area contributed by atoms with Gasteiger partial charge in [-0.25, -0.2) is 4.39 Å². The van der Waals surface area contributed by atoms with E-state index in [9.17, 15) is 9.18 Å². The van der Waals surface area contributed by atoms with E-state index in [-0.39, 0.29) is 24.3 Å². The van der Waals surface area contributed by atoms with Crippen molar-refractivity contribution in [1.29, 1.82) is 0 Å². The van der Waals surface area contributed by atoms with Gasteiger partial charge in [-0.2, -0.15) is 0 Å². The third kappa shape index (κ3) is 5.09. The summed E-state index contributed by atoms with van der Waals surface area (Å²) in [5.74, 6) is -0.568. The summed E-state index contributed by atoms with van der Waals surface area (Å²) >= 11 is 0. The molecule has 5 heteroatoms. The van der Waals surface area contributed by atoms with Crippen LogP contribution < -0.4 is 10.1 Å². The Bertz CT molecular complexity index is 460. The van der Waals surface area contributed by atoms with Crippen LogP contribution in [-0.4, -0.2) is 30.8 Å². The summed E-state index contributed by atoms with van der Waals surface area (Å²) in [6, 6.07) is 4.25. The molecule has 0 aromatic heterocycles. The van der Waals surface area contributed by atoms with E-state index >= 15 is 0 Å². The first-order chi connectivity index (χ1) is 9.06. The molecule has 0 aliphatic carbocycles. The highest BCUT2D eigenvalue weighted by Gasteiger charge is 2.04. The second-order valence-corrected chi connectivity index (χ2v) is 4.15. The molecular weight excluding hydrogens is 249 g/mol. The van der Waals surface area contributed by atoms with E-state index in [1.807, 2.05) is 6.92 Å². The Morgan fingerprint density at radius 2 is 2.32 bits per heavy atom. The van der Waals surface area contributed by atoms with Crippen LogP contribution in [0.1, 0.15) is 18.9 Å². The van der Waals surface area contributed by atoms with E-state index in [0.29, 0.717) is 12.0 Å². The second kappa shape index (κ2) is 7.53. The van der Waals surface area contributed by atoms with Crippen molar-refractivity contribution in [1.82, 2.24) is 5.32 Å². The molecular formula is C14H18FNO3. The number of methoxy groups -OCH3 is 1. The van der Waals surface area contributed by atoms with Gasteiger partial charge < -0.3 is 15.2 Å². The fourth-order valence-corrected chi connectivity index (χ4v) is 1.51. The van der Waals surface area contributed by atoms with Crippen LogP contribution in [0, 0.1) is 5.82 Å². The van der Waals surface area contributed by atoms with Gasteiger partial charge in [0, 0.05) is 18.7 Å². The Kier molecular flexibility index (Phi) is 6.02. The third-order valence-electron chi connectivity index (χ3n) is 2.55. The van der Waals surface area contributed by atoms with Gasteiger partial charge in [-0.05, 0) is 37.1 Å². The zero-order chi connectivity index (χ0) is 14.3. The Labute approximate surface area is 111 Å². The quantitative estimate of drug-likeness (QED) is 0.772. The molecule has 0 bridgehead atoms. The summed E-state index contributed by atoms with van der Waals surface area (Å²) in [6.07, 6.45) is 3.44. The molecule has 0 aliphatic rings. The minimum absolute atomic E-state index is 0.0281. The monoisotopic (exact) mass is 267 g/mol. The first-order valence-electron chi connectivity index (χ1n) is 5.99. The normalized spacial score (nSPS) is 12.4. The predicted molar refractivity (Wildman–Crippen MR) is 71.3 cm³/mol. The predicted octanol–water partition coefficient (Wildman–Crippen LogP) is 1.73. The van der Waals surface area contributed by atoms with Crippen LogP contribution >= 0.6 is 0 Å². The Morgan fingerprint density at radius 1 is 1.58 bits per heavy atom. The van der Waals surface area contributed by atoms with E-state index in [2.05, 4.69) is 5.32 Å². The summed E-state index contributed by atoms with van der Waals surface area (Å²) in [4.78, 5) is 11.5. The van der Waals surface area contributed by atoms with Crippen molar-refractivity contribution >= 4 is 12.0 Å². The van der Waals surface area contributed by atoms with Crippen molar-refractivity contribution in [2.75, 3.05) is 13.7 Å². The minimum atomic E-state index is -0.444. The third-order valence-corrected chi connectivity index (χ3v) is 2.55. The lowest BCUT2D eigenvalue weighted by atomic mass is 10.2. The number of aliphatic hydroxyl groups excluding tert-OH is 1. The number of rotatable bonds is 6. The van der Waals surface area contributed by atoms with Crippen LogP contribution in [0.2, 0.25) is 0 Å². The number of ether oxygens (including phenoxy) is 1. The van der Waals surface area contributed by atoms with E-state index in [0.717, 1.165) is 0 Å². The number of benzene rings is 1. The van der Waals surface area contributed by atoms with Gasteiger partial charge in [0.05, 0.1) is 7.11 Å². The lowest BCUT2D eigenvalue weighted by Crippen LogP contribution is -2.31. The lowest BCUT2D eigenvalue weighted by Gasteiger charge is -2.09. The van der Waals surface area contributed by atoms with Crippen molar-refractivity contribution in [3.8, 4) is 5.75 Å². The number of aliphatic hydroxyl groups is 1. The van der Waals surface area contributed by atoms with Gasteiger partial charge in [-0.1, -0.05) is 6.07 Å². The van der Waals surface area contributed by atoms with Crippen molar-refractivity contribution in [3.63, 3.8) is 0 Å². The van der Waals surface area contributed by atoms with Gasteiger partial charge in [-0.3, -0.25) is 4.79 Å². The van der Waals surface area contributed by atoms with Crippen LogP contribution in [-0.2, 0) is 4.79 Å². The summed E-state index contributed by atoms with van der Waals surface area (Å²) < 4.78 is 18.0. The van der Waals surface area contributed by atoms with Crippen molar-refractivity contribution in [2.45, 2.75) is 19.4 Å². The molecule has 1 amide bonds. The topological polar surface area (TPSA) is 58.6 Å². The van der Waals surface area contributed by atoms with Crippen molar-refractivity contribution < 1.29 is 19.0 Å². The molecule has 0 saturated heterocycles. The van der Waals surface area contributed by atoms with E-state index in [4.69, 9.17) is 9.84 Å². The van der Waals surface area contributed by atoms with E-state index in [1.54, 1.807) is 12.1 Å². The molecule has 0 saturated carbocycles. The average molecular weight is 267 g/mol. The Morgan fingerprint density at radius 3 is 2.95 bits per heavy atom. The van der Waals surface area contributed by atoms with E-state index in [1.165, 1.54) is 25.3 Å². The van der Waals surface area contributed by atoms with Gasteiger partial charge in [0.1, 0.15) is 0 Å². The molecule has 1 aromatic carbocycles. The van der Waals surface area contributed by atoms with Crippen molar-refractivity contribution in [3.05, 3.63) is 35.7 Å². The van der Waals surface area contributed by atoms with Gasteiger partial charge in [-0.15, -0.1) is 0 Å². The second-order valence-electron chi connectivity index (χ2n) is 4.15. The molecule has 0 radical (unpaired) electrons. The summed E-state index contributed by atoms with van der Waals surface area (Å²) in [6.45, 7) is 1.84. The maximum absolute atomic E-state index is 13.2. The number of hydrogen-bond acceptors (Lipinski definition) is 3. The maximum Gasteiger partial charge on any atom is 0.244 e.